The summed E-state index contributed by atoms with van der Waals surface area (Å²) in [6, 6.07) is 18.7. The zero-order valence-corrected chi connectivity index (χ0v) is 27.4. The summed E-state index contributed by atoms with van der Waals surface area (Å²) in [7, 11) is 0. The van der Waals surface area contributed by atoms with Crippen LogP contribution >= 0.6 is 0 Å². The topological polar surface area (TPSA) is 61.0 Å². The zero-order valence-electron chi connectivity index (χ0n) is 27.4. The number of pyridine rings is 1. The number of aryl methyl sites for hydroxylation is 3. The average Bonchev–Trinajstić information content (AvgIpc) is 3.73. The van der Waals surface area contributed by atoms with Crippen molar-refractivity contribution in [1.82, 2.24) is 20.2 Å². The van der Waals surface area contributed by atoms with Gasteiger partial charge >= 0.3 is 0 Å². The summed E-state index contributed by atoms with van der Waals surface area (Å²) in [6.45, 7) is 12.9. The molecule has 2 saturated heterocycles. The summed E-state index contributed by atoms with van der Waals surface area (Å²) in [5, 5.41) is 5.06. The van der Waals surface area contributed by atoms with Crippen LogP contribution in [0.1, 0.15) is 99.5 Å². The maximum atomic E-state index is 14.1. The molecule has 2 bridgehead atoms. The molecule has 0 aliphatic carbocycles. The lowest BCUT2D eigenvalue weighted by Crippen LogP contribution is -2.45. The van der Waals surface area contributed by atoms with Crippen LogP contribution < -0.4 is 5.32 Å². The fourth-order valence-corrected chi connectivity index (χ4v) is 7.92. The number of fused-ring (bicyclic) bond motifs is 3. The van der Waals surface area contributed by atoms with Crippen LogP contribution in [-0.4, -0.2) is 45.9 Å². The number of aromatic amines is 1. The number of benzene rings is 2. The molecule has 2 aromatic heterocycles. The molecule has 1 unspecified atom stereocenters. The van der Waals surface area contributed by atoms with E-state index in [1.54, 1.807) is 0 Å². The number of nitrogens with zero attached hydrogens (tertiary/aromatic N) is 2. The third-order valence-electron chi connectivity index (χ3n) is 10.4. The van der Waals surface area contributed by atoms with Crippen LogP contribution in [0, 0.1) is 13.8 Å². The first-order valence-electron chi connectivity index (χ1n) is 16.9. The van der Waals surface area contributed by atoms with Crippen LogP contribution in [0.5, 0.6) is 0 Å². The van der Waals surface area contributed by atoms with Gasteiger partial charge in [0.1, 0.15) is 0 Å². The highest BCUT2D eigenvalue weighted by Gasteiger charge is 2.47. The van der Waals surface area contributed by atoms with Crippen molar-refractivity contribution in [2.24, 2.45) is 0 Å². The monoisotopic (exact) mass is 590 g/mol. The number of rotatable bonds is 12. The van der Waals surface area contributed by atoms with Crippen LogP contribution in [0.15, 0.2) is 60.9 Å². The molecule has 5 heteroatoms. The van der Waals surface area contributed by atoms with Gasteiger partial charge in [-0.3, -0.25) is 9.78 Å². The van der Waals surface area contributed by atoms with Crippen molar-refractivity contribution in [3.8, 4) is 11.3 Å². The minimum absolute atomic E-state index is 0.300. The molecular weight excluding hydrogens is 540 g/mol. The zero-order chi connectivity index (χ0) is 30.8. The Bertz CT molecular complexity index is 1560. The van der Waals surface area contributed by atoms with Crippen LogP contribution in [0.4, 0.5) is 0 Å². The van der Waals surface area contributed by atoms with Crippen molar-refractivity contribution in [2.75, 3.05) is 13.1 Å². The fourth-order valence-electron chi connectivity index (χ4n) is 7.92. The molecule has 232 valence electrons. The lowest BCUT2D eigenvalue weighted by atomic mass is 9.81. The lowest BCUT2D eigenvalue weighted by Gasteiger charge is -2.33. The summed E-state index contributed by atoms with van der Waals surface area (Å²) in [5.41, 5.74) is 9.46. The highest BCUT2D eigenvalue weighted by Crippen LogP contribution is 2.43. The Hall–Kier alpha value is -3.44. The van der Waals surface area contributed by atoms with E-state index in [4.69, 9.17) is 0 Å². The molecule has 6 rings (SSSR count). The van der Waals surface area contributed by atoms with Crippen molar-refractivity contribution >= 4 is 16.8 Å². The summed E-state index contributed by atoms with van der Waals surface area (Å²) in [6.07, 6.45) is 12.9. The fraction of sp³-hybridized carbons (Fsp3) is 0.487. The van der Waals surface area contributed by atoms with E-state index >= 15 is 0 Å². The maximum Gasteiger partial charge on any atom is 0.233 e. The molecule has 5 nitrogen and oxygen atoms in total. The summed E-state index contributed by atoms with van der Waals surface area (Å²) in [4.78, 5) is 24.3. The highest BCUT2D eigenvalue weighted by molar-refractivity contribution is 5.95. The molecule has 2 aromatic carbocycles. The first kappa shape index (κ1) is 30.6. The number of nitrogens with one attached hydrogen (secondary N) is 2. The number of amides is 1. The van der Waals surface area contributed by atoms with Gasteiger partial charge in [0.05, 0.1) is 11.1 Å². The van der Waals surface area contributed by atoms with Gasteiger partial charge in [0.15, 0.2) is 0 Å². The van der Waals surface area contributed by atoms with E-state index in [-0.39, 0.29) is 0 Å². The molecule has 1 atom stereocenters. The largest absolute Gasteiger partial charge is 0.354 e. The van der Waals surface area contributed by atoms with Crippen LogP contribution in [0.2, 0.25) is 0 Å². The van der Waals surface area contributed by atoms with Crippen LogP contribution in [0.3, 0.4) is 0 Å². The van der Waals surface area contributed by atoms with Gasteiger partial charge in [0.2, 0.25) is 5.91 Å². The Labute approximate surface area is 263 Å². The van der Waals surface area contributed by atoms with Gasteiger partial charge in [0, 0.05) is 41.9 Å². The van der Waals surface area contributed by atoms with Crippen molar-refractivity contribution < 1.29 is 4.79 Å². The van der Waals surface area contributed by atoms with E-state index in [0.717, 1.165) is 43.4 Å². The number of carbonyl (C=O) groups excluding carboxylic acids is 1. The van der Waals surface area contributed by atoms with Crippen molar-refractivity contribution in [3.63, 3.8) is 0 Å². The predicted octanol–water partition coefficient (Wildman–Crippen LogP) is 8.38. The molecule has 4 heterocycles. The normalized spacial score (nSPS) is 18.8. The van der Waals surface area contributed by atoms with E-state index in [0.29, 0.717) is 23.9 Å². The molecule has 0 spiro atoms. The van der Waals surface area contributed by atoms with Gasteiger partial charge in [0.25, 0.3) is 0 Å². The van der Waals surface area contributed by atoms with Gasteiger partial charge in [-0.25, -0.2) is 0 Å². The number of unbranched alkanes of at least 4 members (excludes halogenated alkanes) is 1. The van der Waals surface area contributed by atoms with Gasteiger partial charge in [-0.15, -0.1) is 0 Å². The molecule has 2 N–H and O–H groups in total. The molecule has 4 aromatic rings. The Balaban J connectivity index is 1.29. The average molecular weight is 591 g/mol. The molecule has 44 heavy (non-hydrogen) atoms. The molecular formula is C39H50N4O. The number of carbonyl (C=O) groups is 1. The second-order valence-electron chi connectivity index (χ2n) is 14.0. The third-order valence-corrected chi connectivity index (χ3v) is 10.4. The second kappa shape index (κ2) is 12.9. The van der Waals surface area contributed by atoms with E-state index in [1.807, 2.05) is 12.4 Å². The van der Waals surface area contributed by atoms with E-state index in [9.17, 15) is 4.79 Å². The summed E-state index contributed by atoms with van der Waals surface area (Å²) in [5.74, 6) is 0.650. The molecule has 1 amide bonds. The molecule has 2 aliphatic heterocycles. The Morgan fingerprint density at radius 3 is 2.32 bits per heavy atom. The maximum absolute atomic E-state index is 14.1. The molecule has 0 radical (unpaired) electrons. The predicted molar refractivity (Wildman–Crippen MR) is 182 cm³/mol. The third kappa shape index (κ3) is 6.08. The number of aromatic nitrogens is 2. The van der Waals surface area contributed by atoms with E-state index in [1.165, 1.54) is 71.0 Å². The minimum Gasteiger partial charge on any atom is -0.354 e. The van der Waals surface area contributed by atoms with Gasteiger partial charge in [-0.1, -0.05) is 30.2 Å². The van der Waals surface area contributed by atoms with Gasteiger partial charge in [-0.2, -0.15) is 0 Å². The minimum atomic E-state index is -0.567. The first-order valence-corrected chi connectivity index (χ1v) is 16.9. The Kier molecular flexibility index (Phi) is 8.96. The van der Waals surface area contributed by atoms with Crippen LogP contribution in [-0.2, 0) is 16.6 Å². The van der Waals surface area contributed by atoms with Crippen molar-refractivity contribution in [3.05, 3.63) is 88.7 Å². The smallest absolute Gasteiger partial charge is 0.233 e. The quantitative estimate of drug-likeness (QED) is 0.163. The van der Waals surface area contributed by atoms with Crippen LogP contribution in [0.25, 0.3) is 22.2 Å². The van der Waals surface area contributed by atoms with Crippen molar-refractivity contribution in [2.45, 2.75) is 109 Å². The van der Waals surface area contributed by atoms with Gasteiger partial charge < -0.3 is 15.2 Å². The summed E-state index contributed by atoms with van der Waals surface area (Å²) < 4.78 is 0. The number of hydrogen-bond donors (Lipinski definition) is 2. The van der Waals surface area contributed by atoms with E-state index < -0.39 is 5.41 Å². The molecule has 2 aliphatic rings. The Morgan fingerprint density at radius 1 is 0.977 bits per heavy atom. The van der Waals surface area contributed by atoms with E-state index in [2.05, 4.69) is 103 Å². The number of hydrogen-bond acceptors (Lipinski definition) is 3. The van der Waals surface area contributed by atoms with Crippen molar-refractivity contribution in [1.29, 1.82) is 0 Å². The Morgan fingerprint density at radius 2 is 1.66 bits per heavy atom. The molecule has 2 fully saturated rings. The van der Waals surface area contributed by atoms with Gasteiger partial charge in [-0.05, 0) is 150 Å². The standard InChI is InChI=1S/C39H50N4O/c1-6-29(25-41-18-8-7-9-28-16-19-40-20-17-28)36-34-24-31(39(4,5)38(44)43-32-11-12-33(43)14-13-32)10-15-35(34)42-37(36)30-22-26(2)21-27(3)23-30/h10,15-17,19-24,29,32-33,41-42H,6-9,11-14,18,25H2,1-5H3. The SMILES string of the molecule is CCC(CNCCCCc1ccncc1)c1c(-c2cc(C)cc(C)c2)[nH]c2ccc(C(C)(C)C(=O)N3C4CCC3CC4)cc12. The summed E-state index contributed by atoms with van der Waals surface area (Å²) >= 11 is 0. The number of H-pyrrole nitrogens is 1. The first-order chi connectivity index (χ1) is 21.3. The molecule has 0 saturated carbocycles. The lowest BCUT2D eigenvalue weighted by molar-refractivity contribution is -0.137. The second-order valence-corrected chi connectivity index (χ2v) is 14.0. The highest BCUT2D eigenvalue weighted by atomic mass is 16.2.